The van der Waals surface area contributed by atoms with Gasteiger partial charge in [0, 0.05) is 6.04 Å². The second kappa shape index (κ2) is 6.05. The third kappa shape index (κ3) is 6.66. The summed E-state index contributed by atoms with van der Waals surface area (Å²) >= 11 is 4.89. The molecule has 0 spiro atoms. The summed E-state index contributed by atoms with van der Waals surface area (Å²) in [7, 11) is 0. The molecule has 0 aliphatic carbocycles. The highest BCUT2D eigenvalue weighted by molar-refractivity contribution is 7.80. The second-order valence-corrected chi connectivity index (χ2v) is 4.15. The van der Waals surface area contributed by atoms with Crippen LogP contribution in [0.2, 0.25) is 0 Å². The minimum atomic E-state index is -0.801. The Balaban J connectivity index is 3.95. The smallest absolute Gasteiger partial charge is 0.320 e. The Labute approximate surface area is 84.5 Å². The van der Waals surface area contributed by atoms with Crippen LogP contribution >= 0.6 is 12.2 Å². The Bertz CT molecular complexity index is 192. The van der Waals surface area contributed by atoms with Crippen molar-refractivity contribution in [1.82, 2.24) is 5.32 Å². The van der Waals surface area contributed by atoms with Crippen LogP contribution in [0.3, 0.4) is 0 Å². The lowest BCUT2D eigenvalue weighted by Crippen LogP contribution is -2.40. The van der Waals surface area contributed by atoms with Crippen LogP contribution in [-0.2, 0) is 4.79 Å². The molecule has 0 heterocycles. The Morgan fingerprint density at radius 3 is 2.38 bits per heavy atom. The van der Waals surface area contributed by atoms with Gasteiger partial charge in [-0.15, -0.1) is 0 Å². The van der Waals surface area contributed by atoms with E-state index in [1.165, 1.54) is 0 Å². The summed E-state index contributed by atoms with van der Waals surface area (Å²) in [6, 6.07) is -0.288. The van der Waals surface area contributed by atoms with E-state index in [-0.39, 0.29) is 6.04 Å². The average Bonchev–Trinajstić information content (AvgIpc) is 1.96. The first-order valence-electron chi connectivity index (χ1n) is 4.41. The number of aliphatic carboxylic acids is 1. The zero-order chi connectivity index (χ0) is 10.4. The molecule has 0 aromatic carbocycles. The molecule has 0 saturated carbocycles. The first kappa shape index (κ1) is 12.5. The molecule has 2 N–H and O–H groups in total. The van der Waals surface area contributed by atoms with Crippen LogP contribution in [0.5, 0.6) is 0 Å². The van der Waals surface area contributed by atoms with E-state index >= 15 is 0 Å². The lowest BCUT2D eigenvalue weighted by molar-refractivity contribution is -0.139. The summed E-state index contributed by atoms with van der Waals surface area (Å²) in [4.78, 5) is 11.6. The molecular formula is C9H17NO2S. The first-order valence-corrected chi connectivity index (χ1v) is 4.82. The molecule has 0 aliphatic rings. The Morgan fingerprint density at radius 1 is 1.54 bits per heavy atom. The highest BCUT2D eigenvalue weighted by Gasteiger charge is 2.17. The monoisotopic (exact) mass is 203 g/mol. The molecule has 0 radical (unpaired) electrons. The topological polar surface area (TPSA) is 49.3 Å². The molecule has 1 atom stereocenters. The van der Waals surface area contributed by atoms with Gasteiger partial charge in [0.1, 0.15) is 6.04 Å². The molecule has 1 unspecified atom stereocenters. The lowest BCUT2D eigenvalue weighted by atomic mass is 10.1. The summed E-state index contributed by atoms with van der Waals surface area (Å²) in [5.74, 6) is -0.801. The minimum Gasteiger partial charge on any atom is -0.480 e. The van der Waals surface area contributed by atoms with Gasteiger partial charge in [-0.25, -0.2) is 0 Å². The number of carboxylic acid groups (broad SMARTS) is 1. The van der Waals surface area contributed by atoms with Crippen molar-refractivity contribution in [2.24, 2.45) is 0 Å². The van der Waals surface area contributed by atoms with Crippen molar-refractivity contribution in [1.29, 1.82) is 0 Å². The standard InChI is InChI=1S/C9H17NO2S/c1-6(2)10-8(9(11)12)5-4-7(3)13/h6,8,10H,4-5H2,1-3H3,(H,11,12). The molecule has 0 rings (SSSR count). The van der Waals surface area contributed by atoms with Gasteiger partial charge in [0.05, 0.1) is 0 Å². The minimum absolute atomic E-state index is 0.187. The van der Waals surface area contributed by atoms with Gasteiger partial charge in [0.25, 0.3) is 0 Å². The summed E-state index contributed by atoms with van der Waals surface area (Å²) in [5.41, 5.74) is 0. The molecule has 3 nitrogen and oxygen atoms in total. The van der Waals surface area contributed by atoms with Crippen LogP contribution in [0.4, 0.5) is 0 Å². The SMILES string of the molecule is CC(=S)CCC(NC(C)C)C(=O)O. The second-order valence-electron chi connectivity index (χ2n) is 3.45. The lowest BCUT2D eigenvalue weighted by Gasteiger charge is -2.16. The quantitative estimate of drug-likeness (QED) is 0.644. The molecule has 0 aliphatic heterocycles. The normalized spacial score (nSPS) is 12.9. The number of nitrogens with one attached hydrogen (secondary N) is 1. The van der Waals surface area contributed by atoms with Crippen molar-refractivity contribution >= 4 is 23.1 Å². The van der Waals surface area contributed by atoms with Crippen LogP contribution in [0, 0.1) is 0 Å². The highest BCUT2D eigenvalue weighted by atomic mass is 32.1. The number of carbonyl (C=O) groups is 1. The predicted molar refractivity (Wildman–Crippen MR) is 57.2 cm³/mol. The van der Waals surface area contributed by atoms with Crippen LogP contribution < -0.4 is 5.32 Å². The zero-order valence-corrected chi connectivity index (χ0v) is 9.15. The molecule has 4 heteroatoms. The van der Waals surface area contributed by atoms with E-state index in [1.807, 2.05) is 20.8 Å². The number of thiocarbonyl (C=S) groups is 1. The van der Waals surface area contributed by atoms with Gasteiger partial charge in [0.2, 0.25) is 0 Å². The van der Waals surface area contributed by atoms with Crippen LogP contribution in [0.1, 0.15) is 33.6 Å². The van der Waals surface area contributed by atoms with E-state index in [2.05, 4.69) is 5.32 Å². The van der Waals surface area contributed by atoms with Gasteiger partial charge in [-0.2, -0.15) is 0 Å². The van der Waals surface area contributed by atoms with E-state index in [9.17, 15) is 4.79 Å². The van der Waals surface area contributed by atoms with E-state index in [1.54, 1.807) is 0 Å². The van der Waals surface area contributed by atoms with Crippen molar-refractivity contribution in [2.75, 3.05) is 0 Å². The summed E-state index contributed by atoms with van der Waals surface area (Å²) in [5, 5.41) is 11.8. The Hall–Kier alpha value is -0.480. The third-order valence-electron chi connectivity index (χ3n) is 1.62. The molecule has 0 aromatic rings. The molecule has 13 heavy (non-hydrogen) atoms. The average molecular weight is 203 g/mol. The molecule has 76 valence electrons. The molecule has 0 saturated heterocycles. The van der Waals surface area contributed by atoms with Gasteiger partial charge >= 0.3 is 5.97 Å². The fraction of sp³-hybridized carbons (Fsp3) is 0.778. The van der Waals surface area contributed by atoms with Crippen molar-refractivity contribution in [2.45, 2.75) is 45.7 Å². The fourth-order valence-corrected chi connectivity index (χ4v) is 1.15. The molecule has 0 aromatic heterocycles. The highest BCUT2D eigenvalue weighted by Crippen LogP contribution is 2.01. The van der Waals surface area contributed by atoms with E-state index < -0.39 is 12.0 Å². The maximum Gasteiger partial charge on any atom is 0.320 e. The summed E-state index contributed by atoms with van der Waals surface area (Å²) in [6.07, 6.45) is 1.26. The number of hydrogen-bond donors (Lipinski definition) is 2. The van der Waals surface area contributed by atoms with Crippen LogP contribution in [0.25, 0.3) is 0 Å². The maximum atomic E-state index is 10.7. The van der Waals surface area contributed by atoms with Gasteiger partial charge in [-0.05, 0) is 24.6 Å². The molecular weight excluding hydrogens is 186 g/mol. The van der Waals surface area contributed by atoms with E-state index in [4.69, 9.17) is 17.3 Å². The first-order chi connectivity index (χ1) is 5.93. The number of carboxylic acids is 1. The van der Waals surface area contributed by atoms with Gasteiger partial charge in [0.15, 0.2) is 0 Å². The third-order valence-corrected chi connectivity index (χ3v) is 1.82. The molecule has 0 amide bonds. The Morgan fingerprint density at radius 2 is 2.08 bits per heavy atom. The van der Waals surface area contributed by atoms with Crippen molar-refractivity contribution in [3.63, 3.8) is 0 Å². The van der Waals surface area contributed by atoms with Gasteiger partial charge < -0.3 is 10.4 Å². The van der Waals surface area contributed by atoms with Crippen LogP contribution in [0.15, 0.2) is 0 Å². The number of hydrogen-bond acceptors (Lipinski definition) is 3. The largest absolute Gasteiger partial charge is 0.480 e. The number of rotatable bonds is 6. The fourth-order valence-electron chi connectivity index (χ4n) is 1.03. The van der Waals surface area contributed by atoms with Crippen molar-refractivity contribution < 1.29 is 9.90 Å². The Kier molecular flexibility index (Phi) is 5.82. The van der Waals surface area contributed by atoms with E-state index in [0.717, 1.165) is 4.86 Å². The van der Waals surface area contributed by atoms with Crippen LogP contribution in [-0.4, -0.2) is 28.0 Å². The maximum absolute atomic E-state index is 10.7. The van der Waals surface area contributed by atoms with Crippen molar-refractivity contribution in [3.05, 3.63) is 0 Å². The molecule has 0 bridgehead atoms. The predicted octanol–water partition coefficient (Wildman–Crippen LogP) is 1.61. The molecule has 0 fully saturated rings. The van der Waals surface area contributed by atoms with Gasteiger partial charge in [-0.1, -0.05) is 26.1 Å². The summed E-state index contributed by atoms with van der Waals surface area (Å²) in [6.45, 7) is 5.70. The van der Waals surface area contributed by atoms with Crippen molar-refractivity contribution in [3.8, 4) is 0 Å². The zero-order valence-electron chi connectivity index (χ0n) is 8.33. The van der Waals surface area contributed by atoms with Gasteiger partial charge in [-0.3, -0.25) is 4.79 Å². The van der Waals surface area contributed by atoms with E-state index in [0.29, 0.717) is 12.8 Å². The summed E-state index contributed by atoms with van der Waals surface area (Å²) < 4.78 is 0.